The summed E-state index contributed by atoms with van der Waals surface area (Å²) in [5.74, 6) is -2.24. The van der Waals surface area contributed by atoms with E-state index in [1.54, 1.807) is 0 Å². The van der Waals surface area contributed by atoms with Crippen LogP contribution in [0.15, 0.2) is 0 Å². The molecular formula is C24H44ClP. The fourth-order valence-electron chi connectivity index (χ4n) is 8.29. The second-order valence-corrected chi connectivity index (χ2v) is 18.3. The van der Waals surface area contributed by atoms with Crippen molar-refractivity contribution in [3.8, 4) is 0 Å². The minimum atomic E-state index is -2.24. The van der Waals surface area contributed by atoms with Gasteiger partial charge in [-0.2, -0.15) is 0 Å². The van der Waals surface area contributed by atoms with Crippen LogP contribution in [0.5, 0.6) is 0 Å². The van der Waals surface area contributed by atoms with Crippen LogP contribution in [0.4, 0.5) is 0 Å². The molecule has 0 aliphatic heterocycles. The first-order valence-electron chi connectivity index (χ1n) is 12.5. The summed E-state index contributed by atoms with van der Waals surface area (Å²) in [5.41, 5.74) is 3.80. The van der Waals surface area contributed by atoms with Gasteiger partial charge in [-0.25, -0.2) is 0 Å². The summed E-state index contributed by atoms with van der Waals surface area (Å²) in [6.07, 6.45) is 29.9. The van der Waals surface area contributed by atoms with Gasteiger partial charge in [-0.1, -0.05) is 0 Å². The molecule has 0 N–H and O–H groups in total. The van der Waals surface area contributed by atoms with Crippen LogP contribution in [0.3, 0.4) is 0 Å². The van der Waals surface area contributed by atoms with Crippen LogP contribution in [0.25, 0.3) is 0 Å². The molecule has 0 amide bonds. The van der Waals surface area contributed by atoms with Crippen LogP contribution in [0, 0.1) is 0 Å². The molecule has 26 heavy (non-hydrogen) atoms. The molecule has 4 saturated carbocycles. The summed E-state index contributed by atoms with van der Waals surface area (Å²) < 4.78 is 0. The van der Waals surface area contributed by atoms with E-state index in [4.69, 9.17) is 11.2 Å². The van der Waals surface area contributed by atoms with E-state index in [1.807, 2.05) is 0 Å². The quantitative estimate of drug-likeness (QED) is 0.414. The average molecular weight is 399 g/mol. The molecule has 0 aromatic carbocycles. The molecule has 4 aliphatic carbocycles. The Morgan fingerprint density at radius 1 is 0.346 bits per heavy atom. The molecule has 2 heteroatoms. The molecule has 0 nitrogen and oxygen atoms in total. The number of halogens is 1. The fraction of sp³-hybridized carbons (Fsp3) is 1.00. The summed E-state index contributed by atoms with van der Waals surface area (Å²) in [5, 5.41) is 0. The van der Waals surface area contributed by atoms with Crippen molar-refractivity contribution in [1.29, 1.82) is 0 Å². The van der Waals surface area contributed by atoms with Gasteiger partial charge < -0.3 is 0 Å². The van der Waals surface area contributed by atoms with E-state index in [0.29, 0.717) is 0 Å². The van der Waals surface area contributed by atoms with Gasteiger partial charge in [0.1, 0.15) is 0 Å². The van der Waals surface area contributed by atoms with Gasteiger partial charge >= 0.3 is 168 Å². The van der Waals surface area contributed by atoms with Crippen LogP contribution < -0.4 is 0 Å². The summed E-state index contributed by atoms with van der Waals surface area (Å²) in [6.45, 7) is 0. The molecule has 4 aliphatic rings. The van der Waals surface area contributed by atoms with Crippen LogP contribution in [0.2, 0.25) is 0 Å². The maximum absolute atomic E-state index is 8.64. The molecule has 0 aromatic heterocycles. The fourth-order valence-corrected chi connectivity index (χ4v) is 20.0. The Hall–Kier alpha value is 0.720. The van der Waals surface area contributed by atoms with Crippen LogP contribution in [-0.4, -0.2) is 22.6 Å². The Kier molecular flexibility index (Phi) is 6.63. The van der Waals surface area contributed by atoms with Gasteiger partial charge in [-0.15, -0.1) is 0 Å². The first-order chi connectivity index (χ1) is 12.7. The second kappa shape index (κ2) is 8.61. The summed E-state index contributed by atoms with van der Waals surface area (Å²) >= 11 is 8.64. The molecule has 0 atom stereocenters. The molecule has 0 bridgehead atoms. The molecule has 0 saturated heterocycles. The predicted molar refractivity (Wildman–Crippen MR) is 120 cm³/mol. The van der Waals surface area contributed by atoms with Gasteiger partial charge in [0.15, 0.2) is 0 Å². The van der Waals surface area contributed by atoms with E-state index in [9.17, 15) is 0 Å². The van der Waals surface area contributed by atoms with Gasteiger partial charge in [0, 0.05) is 0 Å². The molecular weight excluding hydrogens is 355 g/mol. The Morgan fingerprint density at radius 3 is 0.731 bits per heavy atom. The van der Waals surface area contributed by atoms with Gasteiger partial charge in [0.2, 0.25) is 0 Å². The van der Waals surface area contributed by atoms with E-state index in [2.05, 4.69) is 0 Å². The van der Waals surface area contributed by atoms with Crippen LogP contribution in [-0.2, 0) is 0 Å². The van der Waals surface area contributed by atoms with E-state index in [0.717, 1.165) is 22.6 Å². The third-order valence-electron chi connectivity index (χ3n) is 9.38. The van der Waals surface area contributed by atoms with Crippen molar-refractivity contribution in [2.75, 3.05) is 0 Å². The third kappa shape index (κ3) is 3.32. The van der Waals surface area contributed by atoms with Crippen molar-refractivity contribution in [3.63, 3.8) is 0 Å². The van der Waals surface area contributed by atoms with Crippen molar-refractivity contribution in [2.24, 2.45) is 0 Å². The molecule has 4 fully saturated rings. The predicted octanol–water partition coefficient (Wildman–Crippen LogP) is 9.02. The topological polar surface area (TPSA) is 0 Å². The van der Waals surface area contributed by atoms with Crippen LogP contribution in [0.1, 0.15) is 128 Å². The van der Waals surface area contributed by atoms with Crippen molar-refractivity contribution >= 4 is 17.2 Å². The number of rotatable bonds is 4. The van der Waals surface area contributed by atoms with E-state index >= 15 is 0 Å². The second-order valence-electron chi connectivity index (χ2n) is 10.5. The van der Waals surface area contributed by atoms with Gasteiger partial charge in [-0.05, 0) is 0 Å². The Morgan fingerprint density at radius 2 is 0.538 bits per heavy atom. The van der Waals surface area contributed by atoms with Gasteiger partial charge in [-0.3, -0.25) is 0 Å². The number of hydrogen-bond acceptors (Lipinski definition) is 0. The molecule has 0 spiro atoms. The molecule has 0 aromatic rings. The Bertz CT molecular complexity index is 354. The monoisotopic (exact) mass is 398 g/mol. The van der Waals surface area contributed by atoms with Crippen molar-refractivity contribution in [1.82, 2.24) is 0 Å². The first-order valence-corrected chi connectivity index (χ1v) is 15.9. The first kappa shape index (κ1) is 20.0. The molecule has 4 rings (SSSR count). The van der Waals surface area contributed by atoms with E-state index < -0.39 is 5.96 Å². The normalized spacial score (nSPS) is 30.7. The summed E-state index contributed by atoms with van der Waals surface area (Å²) in [7, 11) is 0. The standard InChI is InChI=1S/C24H44ClP/c25-26(21-13-5-1-6-14-21,22-15-7-2-8-16-22,23-17-9-3-10-18-23)24-19-11-4-12-20-24/h21-24H,1-20H2. The summed E-state index contributed by atoms with van der Waals surface area (Å²) in [6, 6.07) is 0. The van der Waals surface area contributed by atoms with Crippen molar-refractivity contribution in [3.05, 3.63) is 0 Å². The zero-order chi connectivity index (χ0) is 17.9. The zero-order valence-corrected chi connectivity index (χ0v) is 18.9. The number of hydrogen-bond donors (Lipinski definition) is 0. The summed E-state index contributed by atoms with van der Waals surface area (Å²) in [4.78, 5) is 0. The van der Waals surface area contributed by atoms with Gasteiger partial charge in [0.05, 0.1) is 0 Å². The van der Waals surface area contributed by atoms with E-state index in [-0.39, 0.29) is 0 Å². The average Bonchev–Trinajstić information content (AvgIpc) is 2.76. The van der Waals surface area contributed by atoms with E-state index in [1.165, 1.54) is 128 Å². The third-order valence-corrected chi connectivity index (χ3v) is 20.9. The van der Waals surface area contributed by atoms with Crippen molar-refractivity contribution < 1.29 is 0 Å². The molecule has 0 unspecified atom stereocenters. The SMILES string of the molecule is ClP(C1CCCCC1)(C1CCCCC1)(C1CCCCC1)C1CCCCC1. The molecule has 0 radical (unpaired) electrons. The van der Waals surface area contributed by atoms with Crippen molar-refractivity contribution in [2.45, 2.75) is 151 Å². The zero-order valence-electron chi connectivity index (χ0n) is 17.3. The molecule has 152 valence electrons. The van der Waals surface area contributed by atoms with Crippen LogP contribution >= 0.6 is 17.2 Å². The molecule has 0 heterocycles. The maximum atomic E-state index is 8.64. The minimum absolute atomic E-state index is 0.950. The Balaban J connectivity index is 1.79. The van der Waals surface area contributed by atoms with Gasteiger partial charge in [0.25, 0.3) is 0 Å². The Labute approximate surface area is 168 Å².